The van der Waals surface area contributed by atoms with Crippen LogP contribution in [0.4, 0.5) is 0 Å². The van der Waals surface area contributed by atoms with Gasteiger partial charge in [0.15, 0.2) is 5.37 Å². The van der Waals surface area contributed by atoms with Gasteiger partial charge in [-0.15, -0.1) is 11.8 Å². The van der Waals surface area contributed by atoms with E-state index in [1.165, 1.54) is 16.7 Å². The number of Topliss-reactive ketones (excluding diaryl/α,β-unsaturated/α-hetero) is 1. The molecule has 1 amide bonds. The topological polar surface area (TPSA) is 68.0 Å². The Hall–Kier alpha value is -3.11. The van der Waals surface area contributed by atoms with Crippen LogP contribution in [0.25, 0.3) is 4.85 Å². The largest absolute Gasteiger partial charge is 0.459 e. The van der Waals surface area contributed by atoms with E-state index in [0.717, 1.165) is 11.1 Å². The van der Waals surface area contributed by atoms with Gasteiger partial charge < -0.3 is 4.74 Å². The molecule has 0 aromatic heterocycles. The van der Waals surface area contributed by atoms with E-state index in [1.54, 1.807) is 6.92 Å². The van der Waals surface area contributed by atoms with Gasteiger partial charge >= 0.3 is 17.4 Å². The first-order chi connectivity index (χ1) is 15.7. The van der Waals surface area contributed by atoms with Crippen molar-refractivity contribution in [1.29, 1.82) is 0 Å². The maximum atomic E-state index is 13.4. The molecule has 2 saturated heterocycles. The van der Waals surface area contributed by atoms with E-state index in [-0.39, 0.29) is 18.8 Å². The monoisotopic (exact) mass is 462 g/mol. The molecule has 0 aliphatic carbocycles. The zero-order chi connectivity index (χ0) is 23.8. The van der Waals surface area contributed by atoms with Gasteiger partial charge in [-0.2, -0.15) is 0 Å². The molecule has 33 heavy (non-hydrogen) atoms. The second-order valence-electron chi connectivity index (χ2n) is 9.07. The SMILES string of the molecule is [C-]#[N+][C@]1(C(C)C(=O)Cc2ccccc2)C(=O)N2[C@@H](C(=O)OCc3ccccc3)C(C)(C)S[C@@H]21. The van der Waals surface area contributed by atoms with Crippen molar-refractivity contribution in [2.75, 3.05) is 0 Å². The molecule has 4 atom stereocenters. The van der Waals surface area contributed by atoms with Gasteiger partial charge in [0.05, 0.1) is 0 Å². The Bertz CT molecular complexity index is 1110. The third-order valence-electron chi connectivity index (χ3n) is 6.55. The molecule has 2 aliphatic rings. The molecule has 170 valence electrons. The molecule has 7 heteroatoms. The lowest BCUT2D eigenvalue weighted by Gasteiger charge is -2.47. The van der Waals surface area contributed by atoms with Gasteiger partial charge in [-0.05, 0) is 31.9 Å². The smallest absolute Gasteiger partial charge is 0.347 e. The number of nitrogens with zero attached hydrogens (tertiary/aromatic N) is 2. The van der Waals surface area contributed by atoms with Crippen LogP contribution in [-0.4, -0.2) is 44.3 Å². The number of ether oxygens (including phenoxy) is 1. The van der Waals surface area contributed by atoms with Crippen LogP contribution in [0.5, 0.6) is 0 Å². The first-order valence-electron chi connectivity index (χ1n) is 10.9. The lowest BCUT2D eigenvalue weighted by Crippen LogP contribution is -2.75. The van der Waals surface area contributed by atoms with E-state index in [2.05, 4.69) is 4.85 Å². The second kappa shape index (κ2) is 8.68. The summed E-state index contributed by atoms with van der Waals surface area (Å²) in [5.74, 6) is -1.89. The number of rotatable bonds is 7. The van der Waals surface area contributed by atoms with Crippen molar-refractivity contribution in [1.82, 2.24) is 4.90 Å². The normalized spacial score (nSPS) is 26.0. The van der Waals surface area contributed by atoms with E-state index >= 15 is 0 Å². The molecule has 2 aromatic rings. The Morgan fingerprint density at radius 3 is 2.24 bits per heavy atom. The number of carbonyl (C=O) groups excluding carboxylic acids is 3. The summed E-state index contributed by atoms with van der Waals surface area (Å²) in [5, 5.41) is -0.568. The minimum Gasteiger partial charge on any atom is -0.459 e. The molecule has 2 fully saturated rings. The number of amides is 1. The van der Waals surface area contributed by atoms with E-state index in [4.69, 9.17) is 11.3 Å². The summed E-state index contributed by atoms with van der Waals surface area (Å²) < 4.78 is 4.90. The lowest BCUT2D eigenvalue weighted by atomic mass is 9.73. The predicted molar refractivity (Wildman–Crippen MR) is 126 cm³/mol. The molecule has 0 radical (unpaired) electrons. The van der Waals surface area contributed by atoms with Gasteiger partial charge in [0, 0.05) is 11.2 Å². The van der Waals surface area contributed by atoms with Gasteiger partial charge in [0.2, 0.25) is 0 Å². The molecule has 0 N–H and O–H groups in total. The molecule has 6 nitrogen and oxygen atoms in total. The number of esters is 1. The van der Waals surface area contributed by atoms with E-state index in [1.807, 2.05) is 74.5 Å². The van der Waals surface area contributed by atoms with Gasteiger partial charge in [0.1, 0.15) is 24.3 Å². The molecule has 1 unspecified atom stereocenters. The molecular formula is C26H26N2O4S. The number of hydrogen-bond donors (Lipinski definition) is 0. The highest BCUT2D eigenvalue weighted by atomic mass is 32.2. The molecule has 4 rings (SSSR count). The summed E-state index contributed by atoms with van der Waals surface area (Å²) in [6.45, 7) is 13.4. The summed E-state index contributed by atoms with van der Waals surface area (Å²) in [6, 6.07) is 17.8. The standard InChI is InChI=1S/C26H26N2O4S/c1-17(20(29)15-18-11-7-5-8-12-18)26(27-4)23(31)28-21(25(2,3)33-24(26)28)22(30)32-16-19-13-9-6-10-14-19/h5-14,17,21,24H,15-16H2,1-3H3/t17?,21-,24+,26+/m0/s1. The van der Waals surface area contributed by atoms with Crippen molar-refractivity contribution in [3.8, 4) is 0 Å². The van der Waals surface area contributed by atoms with Crippen molar-refractivity contribution >= 4 is 29.4 Å². The number of hydrogen-bond acceptors (Lipinski definition) is 5. The fourth-order valence-electron chi connectivity index (χ4n) is 4.65. The molecule has 2 aromatic carbocycles. The summed E-state index contributed by atoms with van der Waals surface area (Å²) in [6.07, 6.45) is 0.163. The number of thioether (sulfide) groups is 1. The van der Waals surface area contributed by atoms with E-state index in [9.17, 15) is 14.4 Å². The highest BCUT2D eigenvalue weighted by molar-refractivity contribution is 8.01. The summed E-state index contributed by atoms with van der Waals surface area (Å²) in [5.41, 5.74) is 0.207. The molecular weight excluding hydrogens is 436 g/mol. The summed E-state index contributed by atoms with van der Waals surface area (Å²) in [7, 11) is 0. The zero-order valence-electron chi connectivity index (χ0n) is 18.9. The van der Waals surface area contributed by atoms with Crippen LogP contribution in [0.1, 0.15) is 31.9 Å². The molecule has 0 bridgehead atoms. The minimum atomic E-state index is -1.50. The Labute approximate surface area is 198 Å². The molecule has 0 saturated carbocycles. The number of fused-ring (bicyclic) bond motifs is 1. The fourth-order valence-corrected chi connectivity index (χ4v) is 6.43. The molecule has 2 aliphatic heterocycles. The summed E-state index contributed by atoms with van der Waals surface area (Å²) >= 11 is 1.40. The Kier molecular flexibility index (Phi) is 6.06. The van der Waals surface area contributed by atoms with Crippen LogP contribution < -0.4 is 0 Å². The van der Waals surface area contributed by atoms with Crippen molar-refractivity contribution in [2.45, 2.75) is 55.5 Å². The van der Waals surface area contributed by atoms with Gasteiger partial charge in [-0.25, -0.2) is 11.4 Å². The quantitative estimate of drug-likeness (QED) is 0.355. The molecule has 2 heterocycles. The molecule has 0 spiro atoms. The lowest BCUT2D eigenvalue weighted by molar-refractivity contribution is -0.170. The van der Waals surface area contributed by atoms with Gasteiger partial charge in [-0.3, -0.25) is 19.3 Å². The van der Waals surface area contributed by atoms with Crippen LogP contribution in [0.15, 0.2) is 60.7 Å². The Morgan fingerprint density at radius 2 is 1.67 bits per heavy atom. The van der Waals surface area contributed by atoms with Crippen LogP contribution in [0.3, 0.4) is 0 Å². The number of ketones is 1. The maximum absolute atomic E-state index is 13.4. The van der Waals surface area contributed by atoms with Crippen molar-refractivity contribution < 1.29 is 19.1 Å². The minimum absolute atomic E-state index is 0.115. The van der Waals surface area contributed by atoms with Crippen molar-refractivity contribution in [3.05, 3.63) is 83.2 Å². The van der Waals surface area contributed by atoms with Crippen LogP contribution in [0.2, 0.25) is 0 Å². The van der Waals surface area contributed by atoms with E-state index < -0.39 is 39.5 Å². The predicted octanol–water partition coefficient (Wildman–Crippen LogP) is 3.90. The zero-order valence-corrected chi connectivity index (χ0v) is 19.7. The maximum Gasteiger partial charge on any atom is 0.347 e. The van der Waals surface area contributed by atoms with Crippen molar-refractivity contribution in [2.24, 2.45) is 5.92 Å². The van der Waals surface area contributed by atoms with Gasteiger partial charge in [-0.1, -0.05) is 60.7 Å². The first kappa shape index (κ1) is 23.1. The van der Waals surface area contributed by atoms with Crippen molar-refractivity contribution in [3.63, 3.8) is 0 Å². The van der Waals surface area contributed by atoms with Crippen LogP contribution in [0, 0.1) is 12.5 Å². The van der Waals surface area contributed by atoms with Crippen LogP contribution in [-0.2, 0) is 32.1 Å². The summed E-state index contributed by atoms with van der Waals surface area (Å²) in [4.78, 5) is 44.7. The third-order valence-corrected chi connectivity index (χ3v) is 8.20. The first-order valence-corrected chi connectivity index (χ1v) is 11.8. The Morgan fingerprint density at radius 1 is 1.09 bits per heavy atom. The average Bonchev–Trinajstić information content (AvgIpc) is 3.07. The average molecular weight is 463 g/mol. The fraction of sp³-hybridized carbons (Fsp3) is 0.385. The number of carbonyl (C=O) groups is 3. The van der Waals surface area contributed by atoms with Gasteiger partial charge in [0.25, 0.3) is 0 Å². The highest BCUT2D eigenvalue weighted by Crippen LogP contribution is 2.58. The Balaban J connectivity index is 1.53. The third kappa shape index (κ3) is 3.83. The van der Waals surface area contributed by atoms with E-state index in [0.29, 0.717) is 0 Å². The number of β-lactam (4-membered cyclic amide) rings is 1. The highest BCUT2D eigenvalue weighted by Gasteiger charge is 2.79. The second-order valence-corrected chi connectivity index (χ2v) is 10.8. The van der Waals surface area contributed by atoms with Crippen LogP contribution >= 0.6 is 11.8 Å². The number of benzene rings is 2.